The highest BCUT2D eigenvalue weighted by Crippen LogP contribution is 2.17. The normalized spacial score (nSPS) is 12.6. The molecular formula is C11H19N3O2. The first kappa shape index (κ1) is 12.7. The fourth-order valence-electron chi connectivity index (χ4n) is 1.73. The quantitative estimate of drug-likeness (QED) is 0.778. The van der Waals surface area contributed by atoms with Crippen molar-refractivity contribution in [3.63, 3.8) is 0 Å². The maximum Gasteiger partial charge on any atom is 0.330 e. The highest BCUT2D eigenvalue weighted by atomic mass is 16.5. The summed E-state index contributed by atoms with van der Waals surface area (Å²) >= 11 is 0. The first-order valence-corrected chi connectivity index (χ1v) is 5.44. The summed E-state index contributed by atoms with van der Waals surface area (Å²) in [5.41, 5.74) is 8.43. The van der Waals surface area contributed by atoms with E-state index in [-0.39, 0.29) is 5.97 Å². The molecule has 1 unspecified atom stereocenters. The minimum absolute atomic E-state index is 0.267. The first-order chi connectivity index (χ1) is 7.52. The van der Waals surface area contributed by atoms with Gasteiger partial charge in [0.1, 0.15) is 6.04 Å². The van der Waals surface area contributed by atoms with Crippen molar-refractivity contribution in [1.29, 1.82) is 0 Å². The summed E-state index contributed by atoms with van der Waals surface area (Å²) in [5, 5.41) is 4.32. The number of nitrogens with zero attached hydrogens (tertiary/aromatic N) is 2. The highest BCUT2D eigenvalue weighted by molar-refractivity contribution is 5.73. The third kappa shape index (κ3) is 2.24. The molecule has 0 saturated heterocycles. The Balaban J connectivity index is 3.00. The Kier molecular flexibility index (Phi) is 4.06. The number of aryl methyl sites for hydroxylation is 1. The van der Waals surface area contributed by atoms with Crippen molar-refractivity contribution >= 4 is 5.97 Å². The topological polar surface area (TPSA) is 70.1 Å². The molecular weight excluding hydrogens is 206 g/mol. The molecule has 0 aliphatic heterocycles. The van der Waals surface area contributed by atoms with E-state index in [2.05, 4.69) is 5.10 Å². The van der Waals surface area contributed by atoms with Crippen LogP contribution in [0.5, 0.6) is 0 Å². The number of rotatable bonds is 4. The maximum absolute atomic E-state index is 11.6. The molecule has 90 valence electrons. The summed E-state index contributed by atoms with van der Waals surface area (Å²) in [7, 11) is 0. The molecule has 0 aliphatic carbocycles. The predicted octanol–water partition coefficient (Wildman–Crippen LogP) is 1.08. The summed E-state index contributed by atoms with van der Waals surface area (Å²) in [6.07, 6.45) is 0. The molecule has 16 heavy (non-hydrogen) atoms. The highest BCUT2D eigenvalue weighted by Gasteiger charge is 2.21. The second-order valence-electron chi connectivity index (χ2n) is 3.73. The zero-order valence-corrected chi connectivity index (χ0v) is 10.3. The van der Waals surface area contributed by atoms with Crippen LogP contribution in [0.25, 0.3) is 0 Å². The average Bonchev–Trinajstić information content (AvgIpc) is 2.53. The number of carbonyl (C=O) groups is 1. The van der Waals surface area contributed by atoms with Crippen LogP contribution in [0, 0.1) is 13.8 Å². The fourth-order valence-corrected chi connectivity index (χ4v) is 1.73. The number of aromatic nitrogens is 2. The van der Waals surface area contributed by atoms with E-state index in [0.717, 1.165) is 17.0 Å². The standard InChI is InChI=1S/C11H19N3O2/c1-5-16-11(15)9(4)14-8(3)10(6-12)7(2)13-14/h9H,5-6,12H2,1-4H3. The fraction of sp³-hybridized carbons (Fsp3) is 0.636. The van der Waals surface area contributed by atoms with E-state index in [0.29, 0.717) is 13.2 Å². The molecule has 0 aliphatic rings. The third-order valence-electron chi connectivity index (χ3n) is 2.67. The zero-order valence-electron chi connectivity index (χ0n) is 10.3. The van der Waals surface area contributed by atoms with Crippen molar-refractivity contribution in [2.45, 2.75) is 40.3 Å². The Morgan fingerprint density at radius 1 is 1.56 bits per heavy atom. The van der Waals surface area contributed by atoms with Gasteiger partial charge in [-0.1, -0.05) is 0 Å². The van der Waals surface area contributed by atoms with Gasteiger partial charge in [-0.25, -0.2) is 4.79 Å². The van der Waals surface area contributed by atoms with Crippen LogP contribution in [0.1, 0.15) is 36.8 Å². The molecule has 0 fully saturated rings. The van der Waals surface area contributed by atoms with Gasteiger partial charge in [0.05, 0.1) is 12.3 Å². The van der Waals surface area contributed by atoms with Gasteiger partial charge < -0.3 is 10.5 Å². The van der Waals surface area contributed by atoms with Gasteiger partial charge in [0.15, 0.2) is 0 Å². The van der Waals surface area contributed by atoms with E-state index >= 15 is 0 Å². The number of hydrogen-bond acceptors (Lipinski definition) is 4. The minimum Gasteiger partial charge on any atom is -0.464 e. The molecule has 0 radical (unpaired) electrons. The Bertz CT molecular complexity index is 385. The average molecular weight is 225 g/mol. The summed E-state index contributed by atoms with van der Waals surface area (Å²) in [4.78, 5) is 11.6. The van der Waals surface area contributed by atoms with E-state index in [1.807, 2.05) is 13.8 Å². The van der Waals surface area contributed by atoms with E-state index < -0.39 is 6.04 Å². The van der Waals surface area contributed by atoms with Crippen LogP contribution < -0.4 is 5.73 Å². The molecule has 2 N–H and O–H groups in total. The van der Waals surface area contributed by atoms with E-state index in [1.165, 1.54) is 0 Å². The predicted molar refractivity (Wildman–Crippen MR) is 60.9 cm³/mol. The van der Waals surface area contributed by atoms with Crippen LogP contribution in [0.15, 0.2) is 0 Å². The number of hydrogen-bond donors (Lipinski definition) is 1. The van der Waals surface area contributed by atoms with Gasteiger partial charge in [-0.05, 0) is 27.7 Å². The van der Waals surface area contributed by atoms with Gasteiger partial charge in [0.2, 0.25) is 0 Å². The monoisotopic (exact) mass is 225 g/mol. The molecule has 1 rings (SSSR count). The molecule has 1 heterocycles. The van der Waals surface area contributed by atoms with E-state index in [4.69, 9.17) is 10.5 Å². The summed E-state index contributed by atoms with van der Waals surface area (Å²) in [6.45, 7) is 8.19. The zero-order chi connectivity index (χ0) is 12.3. The number of nitrogens with two attached hydrogens (primary N) is 1. The lowest BCUT2D eigenvalue weighted by Crippen LogP contribution is -2.21. The second-order valence-corrected chi connectivity index (χ2v) is 3.73. The first-order valence-electron chi connectivity index (χ1n) is 5.44. The van der Waals surface area contributed by atoms with Crippen LogP contribution in [-0.2, 0) is 16.1 Å². The number of esters is 1. The lowest BCUT2D eigenvalue weighted by atomic mass is 10.2. The largest absolute Gasteiger partial charge is 0.464 e. The van der Waals surface area contributed by atoms with Crippen molar-refractivity contribution in [2.24, 2.45) is 5.73 Å². The molecule has 5 nitrogen and oxygen atoms in total. The molecule has 0 bridgehead atoms. The van der Waals surface area contributed by atoms with Crippen molar-refractivity contribution in [2.75, 3.05) is 6.61 Å². The minimum atomic E-state index is -0.404. The molecule has 0 aromatic carbocycles. The van der Waals surface area contributed by atoms with Crippen molar-refractivity contribution < 1.29 is 9.53 Å². The van der Waals surface area contributed by atoms with Gasteiger partial charge in [0.25, 0.3) is 0 Å². The lowest BCUT2D eigenvalue weighted by molar-refractivity contribution is -0.146. The molecule has 1 atom stereocenters. The number of ether oxygens (including phenoxy) is 1. The van der Waals surface area contributed by atoms with Gasteiger partial charge >= 0.3 is 5.97 Å². The molecule has 5 heteroatoms. The molecule has 1 aromatic heterocycles. The SMILES string of the molecule is CCOC(=O)C(C)n1nc(C)c(CN)c1C. The van der Waals surface area contributed by atoms with Crippen molar-refractivity contribution in [3.8, 4) is 0 Å². The van der Waals surface area contributed by atoms with Gasteiger partial charge in [0, 0.05) is 17.8 Å². The Hall–Kier alpha value is -1.36. The van der Waals surface area contributed by atoms with Crippen LogP contribution in [0.4, 0.5) is 0 Å². The van der Waals surface area contributed by atoms with Crippen LogP contribution in [0.3, 0.4) is 0 Å². The molecule has 1 aromatic rings. The van der Waals surface area contributed by atoms with E-state index in [9.17, 15) is 4.79 Å². The van der Waals surface area contributed by atoms with Crippen LogP contribution >= 0.6 is 0 Å². The van der Waals surface area contributed by atoms with E-state index in [1.54, 1.807) is 18.5 Å². The number of carbonyl (C=O) groups excluding carboxylic acids is 1. The Morgan fingerprint density at radius 3 is 2.62 bits per heavy atom. The van der Waals surface area contributed by atoms with Gasteiger partial charge in [-0.2, -0.15) is 5.10 Å². The van der Waals surface area contributed by atoms with Crippen LogP contribution in [-0.4, -0.2) is 22.4 Å². The Morgan fingerprint density at radius 2 is 2.19 bits per heavy atom. The molecule has 0 saturated carbocycles. The lowest BCUT2D eigenvalue weighted by Gasteiger charge is -2.13. The van der Waals surface area contributed by atoms with Gasteiger partial charge in [-0.15, -0.1) is 0 Å². The summed E-state index contributed by atoms with van der Waals surface area (Å²) in [6, 6.07) is -0.404. The van der Waals surface area contributed by atoms with Gasteiger partial charge in [-0.3, -0.25) is 4.68 Å². The third-order valence-corrected chi connectivity index (χ3v) is 2.67. The maximum atomic E-state index is 11.6. The van der Waals surface area contributed by atoms with Crippen LogP contribution in [0.2, 0.25) is 0 Å². The van der Waals surface area contributed by atoms with Crippen molar-refractivity contribution in [1.82, 2.24) is 9.78 Å². The molecule has 0 amide bonds. The summed E-state index contributed by atoms with van der Waals surface area (Å²) in [5.74, 6) is -0.267. The van der Waals surface area contributed by atoms with Crippen molar-refractivity contribution in [3.05, 3.63) is 17.0 Å². The summed E-state index contributed by atoms with van der Waals surface area (Å²) < 4.78 is 6.64. The smallest absolute Gasteiger partial charge is 0.330 e. The molecule has 0 spiro atoms. The second kappa shape index (κ2) is 5.12. The Labute approximate surface area is 95.6 Å².